The van der Waals surface area contributed by atoms with E-state index in [1.807, 2.05) is 19.1 Å². The van der Waals surface area contributed by atoms with Crippen molar-refractivity contribution in [2.45, 2.75) is 52.5 Å². The minimum Gasteiger partial charge on any atom is -0.322 e. The number of piperidine rings is 1. The summed E-state index contributed by atoms with van der Waals surface area (Å²) in [6, 6.07) is 8.74. The van der Waals surface area contributed by atoms with Gasteiger partial charge in [0, 0.05) is 17.1 Å². The number of pyridine rings is 1. The molecule has 4 nitrogen and oxygen atoms in total. The number of H-pyrrole nitrogens is 1. The van der Waals surface area contributed by atoms with Crippen molar-refractivity contribution in [2.75, 3.05) is 26.2 Å². The predicted molar refractivity (Wildman–Crippen MR) is 110 cm³/mol. The quantitative estimate of drug-likeness (QED) is 0.738. The zero-order valence-electron chi connectivity index (χ0n) is 16.5. The number of nitrogens with one attached hydrogen (secondary N) is 2. The highest BCUT2D eigenvalue weighted by Crippen LogP contribution is 2.25. The zero-order valence-corrected chi connectivity index (χ0v) is 16.5. The number of benzene rings is 1. The molecule has 26 heavy (non-hydrogen) atoms. The molecule has 4 heteroatoms. The molecule has 0 aliphatic carbocycles. The number of aryl methyl sites for hydroxylation is 1. The molecule has 1 unspecified atom stereocenters. The Labute approximate surface area is 157 Å². The predicted octanol–water partition coefficient (Wildman–Crippen LogP) is 4.00. The van der Waals surface area contributed by atoms with Crippen LogP contribution in [0.4, 0.5) is 0 Å². The van der Waals surface area contributed by atoms with Gasteiger partial charge >= 0.3 is 0 Å². The molecule has 2 heterocycles. The summed E-state index contributed by atoms with van der Waals surface area (Å²) in [5.74, 6) is 0.520. The fourth-order valence-electron chi connectivity index (χ4n) is 4.01. The minimum absolute atomic E-state index is 0.00139. The van der Waals surface area contributed by atoms with Crippen LogP contribution in [0.2, 0.25) is 0 Å². The van der Waals surface area contributed by atoms with Gasteiger partial charge in [-0.15, -0.1) is 0 Å². The molecule has 1 saturated heterocycles. The van der Waals surface area contributed by atoms with Gasteiger partial charge in [0.1, 0.15) is 0 Å². The molecule has 1 atom stereocenters. The number of hydrogen-bond donors (Lipinski definition) is 2. The highest BCUT2D eigenvalue weighted by atomic mass is 16.1. The third-order valence-electron chi connectivity index (χ3n) is 5.54. The van der Waals surface area contributed by atoms with Crippen molar-refractivity contribution in [3.05, 3.63) is 45.7 Å². The van der Waals surface area contributed by atoms with Crippen LogP contribution in [-0.2, 0) is 0 Å². The maximum absolute atomic E-state index is 11.8. The van der Waals surface area contributed by atoms with E-state index in [0.717, 1.165) is 23.0 Å². The summed E-state index contributed by atoms with van der Waals surface area (Å²) in [5.41, 5.74) is 2.99. The van der Waals surface area contributed by atoms with E-state index < -0.39 is 0 Å². The summed E-state index contributed by atoms with van der Waals surface area (Å²) >= 11 is 0. The molecule has 0 bridgehead atoms. The standard InChI is InChI=1S/C22H33N3O/c1-16(2)21(23-10-7-13-25-11-5-4-6-12-25)18-8-9-20-19(15-18)14-17(3)22(26)24-20/h8-9,14-16,21,23H,4-7,10-13H2,1-3H3,(H,24,26). The first-order chi connectivity index (χ1) is 12.5. The average molecular weight is 356 g/mol. The summed E-state index contributed by atoms with van der Waals surface area (Å²) in [5, 5.41) is 4.88. The topological polar surface area (TPSA) is 48.1 Å². The molecule has 1 aliphatic heterocycles. The molecule has 0 saturated carbocycles. The largest absolute Gasteiger partial charge is 0.322 e. The van der Waals surface area contributed by atoms with Gasteiger partial charge in [-0.05, 0) is 87.4 Å². The molecule has 2 N–H and O–H groups in total. The first-order valence-corrected chi connectivity index (χ1v) is 10.1. The smallest absolute Gasteiger partial charge is 0.251 e. The third kappa shape index (κ3) is 4.74. The summed E-state index contributed by atoms with van der Waals surface area (Å²) in [6.45, 7) is 11.2. The Bertz CT molecular complexity index is 775. The van der Waals surface area contributed by atoms with Crippen LogP contribution in [-0.4, -0.2) is 36.1 Å². The Hall–Kier alpha value is -1.65. The molecule has 1 aromatic heterocycles. The minimum atomic E-state index is 0.00139. The van der Waals surface area contributed by atoms with Crippen molar-refractivity contribution < 1.29 is 0 Å². The van der Waals surface area contributed by atoms with Gasteiger partial charge < -0.3 is 15.2 Å². The lowest BCUT2D eigenvalue weighted by Crippen LogP contribution is -2.33. The van der Waals surface area contributed by atoms with Gasteiger partial charge in [0.05, 0.1) is 0 Å². The number of hydrogen-bond acceptors (Lipinski definition) is 3. The van der Waals surface area contributed by atoms with Crippen molar-refractivity contribution in [1.29, 1.82) is 0 Å². The van der Waals surface area contributed by atoms with Crippen LogP contribution in [0.5, 0.6) is 0 Å². The van der Waals surface area contributed by atoms with Gasteiger partial charge in [-0.1, -0.05) is 26.3 Å². The number of aromatic amines is 1. The van der Waals surface area contributed by atoms with Crippen LogP contribution in [0.1, 0.15) is 56.7 Å². The SMILES string of the molecule is Cc1cc2cc(C(NCCCN3CCCCC3)C(C)C)ccc2[nH]c1=O. The van der Waals surface area contributed by atoms with Crippen LogP contribution >= 0.6 is 0 Å². The molecule has 0 spiro atoms. The number of aromatic nitrogens is 1. The summed E-state index contributed by atoms with van der Waals surface area (Å²) in [4.78, 5) is 17.4. The van der Waals surface area contributed by atoms with Gasteiger partial charge in [-0.25, -0.2) is 0 Å². The summed E-state index contributed by atoms with van der Waals surface area (Å²) < 4.78 is 0. The lowest BCUT2D eigenvalue weighted by Gasteiger charge is -2.27. The lowest BCUT2D eigenvalue weighted by molar-refractivity contribution is 0.223. The van der Waals surface area contributed by atoms with Crippen molar-refractivity contribution in [2.24, 2.45) is 5.92 Å². The Morgan fingerprint density at radius 2 is 1.92 bits per heavy atom. The van der Waals surface area contributed by atoms with E-state index in [4.69, 9.17) is 0 Å². The first-order valence-electron chi connectivity index (χ1n) is 10.1. The van der Waals surface area contributed by atoms with Crippen LogP contribution < -0.4 is 10.9 Å². The van der Waals surface area contributed by atoms with Gasteiger partial charge in [-0.2, -0.15) is 0 Å². The monoisotopic (exact) mass is 355 g/mol. The second-order valence-electron chi connectivity index (χ2n) is 8.06. The van der Waals surface area contributed by atoms with Crippen molar-refractivity contribution in [3.8, 4) is 0 Å². The Morgan fingerprint density at radius 1 is 1.15 bits per heavy atom. The fourth-order valence-corrected chi connectivity index (χ4v) is 4.01. The highest BCUT2D eigenvalue weighted by Gasteiger charge is 2.16. The van der Waals surface area contributed by atoms with E-state index >= 15 is 0 Å². The fraction of sp³-hybridized carbons (Fsp3) is 0.591. The van der Waals surface area contributed by atoms with Crippen molar-refractivity contribution in [3.63, 3.8) is 0 Å². The van der Waals surface area contributed by atoms with E-state index in [2.05, 4.69) is 41.2 Å². The Balaban J connectivity index is 1.64. The van der Waals surface area contributed by atoms with Crippen LogP contribution in [0.25, 0.3) is 10.9 Å². The summed E-state index contributed by atoms with van der Waals surface area (Å²) in [6.07, 6.45) is 5.32. The molecule has 0 amide bonds. The van der Waals surface area contributed by atoms with Gasteiger partial charge in [0.25, 0.3) is 5.56 Å². The van der Waals surface area contributed by atoms with E-state index in [1.54, 1.807) is 0 Å². The maximum atomic E-state index is 11.8. The zero-order chi connectivity index (χ0) is 18.5. The Morgan fingerprint density at radius 3 is 2.65 bits per heavy atom. The number of fused-ring (bicyclic) bond motifs is 1. The summed E-state index contributed by atoms with van der Waals surface area (Å²) in [7, 11) is 0. The molecule has 142 valence electrons. The first kappa shape index (κ1) is 19.1. The molecular weight excluding hydrogens is 322 g/mol. The molecule has 1 fully saturated rings. The van der Waals surface area contributed by atoms with Crippen LogP contribution in [0, 0.1) is 12.8 Å². The lowest BCUT2D eigenvalue weighted by atomic mass is 9.94. The van der Waals surface area contributed by atoms with Gasteiger partial charge in [-0.3, -0.25) is 4.79 Å². The second kappa shape index (κ2) is 8.83. The van der Waals surface area contributed by atoms with E-state index in [1.165, 1.54) is 50.9 Å². The molecular formula is C22H33N3O. The van der Waals surface area contributed by atoms with Gasteiger partial charge in [0.2, 0.25) is 0 Å². The Kier molecular flexibility index (Phi) is 6.49. The van der Waals surface area contributed by atoms with E-state index in [9.17, 15) is 4.79 Å². The number of nitrogens with zero attached hydrogens (tertiary/aromatic N) is 1. The molecule has 1 aliphatic rings. The second-order valence-corrected chi connectivity index (χ2v) is 8.06. The normalized spacial score (nSPS) is 17.1. The maximum Gasteiger partial charge on any atom is 0.251 e. The van der Waals surface area contributed by atoms with Gasteiger partial charge in [0.15, 0.2) is 0 Å². The third-order valence-corrected chi connectivity index (χ3v) is 5.54. The van der Waals surface area contributed by atoms with E-state index in [-0.39, 0.29) is 5.56 Å². The van der Waals surface area contributed by atoms with Crippen molar-refractivity contribution >= 4 is 10.9 Å². The molecule has 3 rings (SSSR count). The molecule has 0 radical (unpaired) electrons. The molecule has 2 aromatic rings. The number of rotatable bonds is 7. The number of likely N-dealkylation sites (tertiary alicyclic amines) is 1. The van der Waals surface area contributed by atoms with Crippen molar-refractivity contribution in [1.82, 2.24) is 15.2 Å². The van der Waals surface area contributed by atoms with E-state index in [0.29, 0.717) is 12.0 Å². The average Bonchev–Trinajstić information content (AvgIpc) is 2.63. The van der Waals surface area contributed by atoms with Crippen LogP contribution in [0.3, 0.4) is 0 Å². The molecule has 1 aromatic carbocycles. The van der Waals surface area contributed by atoms with Crippen LogP contribution in [0.15, 0.2) is 29.1 Å². The highest BCUT2D eigenvalue weighted by molar-refractivity contribution is 5.79.